The highest BCUT2D eigenvalue weighted by Gasteiger charge is 2.15. The van der Waals surface area contributed by atoms with E-state index >= 15 is 0 Å². The zero-order valence-corrected chi connectivity index (χ0v) is 10.8. The Morgan fingerprint density at radius 1 is 1.12 bits per heavy atom. The van der Waals surface area contributed by atoms with Crippen LogP contribution in [0.15, 0.2) is 16.9 Å². The molecule has 0 aliphatic carbocycles. The first-order valence-corrected chi connectivity index (χ1v) is 5.87. The maximum atomic E-state index is 12.3. The molecule has 1 atom stereocenters. The van der Waals surface area contributed by atoms with Crippen molar-refractivity contribution in [3.05, 3.63) is 33.7 Å². The molecule has 3 nitrogen and oxygen atoms in total. The Labute approximate surface area is 97.3 Å². The second kappa shape index (κ2) is 4.83. The van der Waals surface area contributed by atoms with Gasteiger partial charge in [0.25, 0.3) is 5.56 Å². The smallest absolute Gasteiger partial charge is 0.255 e. The topological polar surface area (TPSA) is 48.0 Å². The molecular weight excluding hydrogens is 200 g/mol. The molecule has 0 amide bonds. The number of nitrogens with zero attached hydrogens (tertiary/aromatic N) is 1. The quantitative estimate of drug-likeness (QED) is 0.854. The van der Waals surface area contributed by atoms with E-state index in [0.717, 1.165) is 5.69 Å². The predicted octanol–water partition coefficient (Wildman–Crippen LogP) is 2.57. The van der Waals surface area contributed by atoms with Crippen LogP contribution in [0.1, 0.15) is 63.9 Å². The Hall–Kier alpha value is -1.09. The number of nitrogens with two attached hydrogens (primary N) is 1. The van der Waals surface area contributed by atoms with Gasteiger partial charge in [-0.05, 0) is 32.8 Å². The third kappa shape index (κ3) is 2.35. The average molecular weight is 222 g/mol. The summed E-state index contributed by atoms with van der Waals surface area (Å²) < 4.78 is 1.85. The molecule has 0 aromatic carbocycles. The van der Waals surface area contributed by atoms with E-state index in [1.165, 1.54) is 0 Å². The lowest BCUT2D eigenvalue weighted by Gasteiger charge is -2.20. The SMILES string of the molecule is CC(C)c1ccc(C(C)N)c(=O)n1C(C)C. The molecule has 0 aliphatic heterocycles. The minimum Gasteiger partial charge on any atom is -0.324 e. The van der Waals surface area contributed by atoms with Crippen LogP contribution in [0.5, 0.6) is 0 Å². The van der Waals surface area contributed by atoms with Gasteiger partial charge in [0.05, 0.1) is 0 Å². The van der Waals surface area contributed by atoms with E-state index in [1.807, 2.05) is 37.5 Å². The Bertz CT molecular complexity index is 416. The predicted molar refractivity (Wildman–Crippen MR) is 67.8 cm³/mol. The fraction of sp³-hybridized carbons (Fsp3) is 0.615. The minimum atomic E-state index is -0.210. The second-order valence-corrected chi connectivity index (χ2v) is 4.93. The van der Waals surface area contributed by atoms with Crippen LogP contribution in [-0.4, -0.2) is 4.57 Å². The fourth-order valence-corrected chi connectivity index (χ4v) is 1.93. The van der Waals surface area contributed by atoms with Gasteiger partial charge >= 0.3 is 0 Å². The van der Waals surface area contributed by atoms with Gasteiger partial charge in [-0.15, -0.1) is 0 Å². The van der Waals surface area contributed by atoms with Crippen LogP contribution in [0.25, 0.3) is 0 Å². The van der Waals surface area contributed by atoms with Gasteiger partial charge in [0.2, 0.25) is 0 Å². The normalized spacial score (nSPS) is 13.5. The van der Waals surface area contributed by atoms with E-state index < -0.39 is 0 Å². The largest absolute Gasteiger partial charge is 0.324 e. The van der Waals surface area contributed by atoms with Gasteiger partial charge in [-0.3, -0.25) is 4.79 Å². The average Bonchev–Trinajstić information content (AvgIpc) is 2.15. The molecular formula is C13H22N2O. The van der Waals surface area contributed by atoms with Crippen molar-refractivity contribution in [2.75, 3.05) is 0 Å². The van der Waals surface area contributed by atoms with Gasteiger partial charge in [-0.25, -0.2) is 0 Å². The molecule has 90 valence electrons. The maximum absolute atomic E-state index is 12.3. The number of rotatable bonds is 3. The van der Waals surface area contributed by atoms with Crippen molar-refractivity contribution < 1.29 is 0 Å². The minimum absolute atomic E-state index is 0.0520. The van der Waals surface area contributed by atoms with Gasteiger partial charge < -0.3 is 10.3 Å². The Morgan fingerprint density at radius 3 is 2.06 bits per heavy atom. The summed E-state index contributed by atoms with van der Waals surface area (Å²) in [6.07, 6.45) is 0. The first-order chi connectivity index (χ1) is 7.36. The Balaban J connectivity index is 3.49. The van der Waals surface area contributed by atoms with E-state index in [0.29, 0.717) is 11.5 Å². The van der Waals surface area contributed by atoms with Gasteiger partial charge in [0, 0.05) is 23.3 Å². The van der Waals surface area contributed by atoms with E-state index in [1.54, 1.807) is 0 Å². The molecule has 1 aromatic heterocycles. The molecule has 1 rings (SSSR count). The third-order valence-corrected chi connectivity index (χ3v) is 2.78. The molecule has 0 fully saturated rings. The second-order valence-electron chi connectivity index (χ2n) is 4.93. The number of hydrogen-bond acceptors (Lipinski definition) is 2. The first-order valence-electron chi connectivity index (χ1n) is 5.87. The summed E-state index contributed by atoms with van der Waals surface area (Å²) in [6, 6.07) is 3.84. The summed E-state index contributed by atoms with van der Waals surface area (Å²) in [5, 5.41) is 0. The van der Waals surface area contributed by atoms with Crippen molar-refractivity contribution in [3.8, 4) is 0 Å². The van der Waals surface area contributed by atoms with Crippen LogP contribution in [0.2, 0.25) is 0 Å². The summed E-state index contributed by atoms with van der Waals surface area (Å²) in [7, 11) is 0. The van der Waals surface area contributed by atoms with E-state index in [-0.39, 0.29) is 17.6 Å². The molecule has 1 aromatic rings. The van der Waals surface area contributed by atoms with Gasteiger partial charge in [-0.2, -0.15) is 0 Å². The summed E-state index contributed by atoms with van der Waals surface area (Å²) >= 11 is 0. The molecule has 0 aliphatic rings. The Kier molecular flexibility index (Phi) is 3.92. The van der Waals surface area contributed by atoms with Crippen LogP contribution >= 0.6 is 0 Å². The Morgan fingerprint density at radius 2 is 1.69 bits per heavy atom. The zero-order valence-electron chi connectivity index (χ0n) is 10.8. The van der Waals surface area contributed by atoms with Crippen molar-refractivity contribution in [2.45, 2.75) is 52.6 Å². The van der Waals surface area contributed by atoms with E-state index in [4.69, 9.17) is 5.73 Å². The van der Waals surface area contributed by atoms with Crippen molar-refractivity contribution >= 4 is 0 Å². The first kappa shape index (κ1) is 13.0. The highest BCUT2D eigenvalue weighted by molar-refractivity contribution is 5.21. The summed E-state index contributed by atoms with van der Waals surface area (Å²) in [5.74, 6) is 0.345. The summed E-state index contributed by atoms with van der Waals surface area (Å²) in [5.41, 5.74) is 7.61. The number of hydrogen-bond donors (Lipinski definition) is 1. The van der Waals surface area contributed by atoms with Crippen LogP contribution < -0.4 is 11.3 Å². The van der Waals surface area contributed by atoms with Crippen LogP contribution in [0, 0.1) is 0 Å². The molecule has 0 saturated carbocycles. The standard InChI is InChI=1S/C13H22N2O/c1-8(2)12-7-6-11(10(5)14)13(16)15(12)9(3)4/h6-10H,14H2,1-5H3. The van der Waals surface area contributed by atoms with Crippen molar-refractivity contribution in [1.29, 1.82) is 0 Å². The molecule has 0 spiro atoms. The number of pyridine rings is 1. The lowest BCUT2D eigenvalue weighted by molar-refractivity contribution is 0.527. The van der Waals surface area contributed by atoms with E-state index in [2.05, 4.69) is 13.8 Å². The monoisotopic (exact) mass is 222 g/mol. The summed E-state index contributed by atoms with van der Waals surface area (Å²) in [4.78, 5) is 12.3. The van der Waals surface area contributed by atoms with Crippen molar-refractivity contribution in [1.82, 2.24) is 4.57 Å². The lowest BCUT2D eigenvalue weighted by atomic mass is 10.0. The van der Waals surface area contributed by atoms with Crippen molar-refractivity contribution in [2.24, 2.45) is 5.73 Å². The number of aromatic nitrogens is 1. The highest BCUT2D eigenvalue weighted by atomic mass is 16.1. The molecule has 3 heteroatoms. The maximum Gasteiger partial charge on any atom is 0.255 e. The molecule has 0 radical (unpaired) electrons. The lowest BCUT2D eigenvalue weighted by Crippen LogP contribution is -2.31. The van der Waals surface area contributed by atoms with E-state index in [9.17, 15) is 4.79 Å². The van der Waals surface area contributed by atoms with Gasteiger partial charge in [0.15, 0.2) is 0 Å². The van der Waals surface area contributed by atoms with Gasteiger partial charge in [-0.1, -0.05) is 19.9 Å². The third-order valence-electron chi connectivity index (χ3n) is 2.78. The van der Waals surface area contributed by atoms with Crippen LogP contribution in [0.4, 0.5) is 0 Å². The zero-order chi connectivity index (χ0) is 12.5. The van der Waals surface area contributed by atoms with Crippen LogP contribution in [-0.2, 0) is 0 Å². The molecule has 0 saturated heterocycles. The molecule has 1 unspecified atom stereocenters. The molecule has 2 N–H and O–H groups in total. The molecule has 1 heterocycles. The highest BCUT2D eigenvalue weighted by Crippen LogP contribution is 2.18. The molecule has 16 heavy (non-hydrogen) atoms. The van der Waals surface area contributed by atoms with Crippen molar-refractivity contribution in [3.63, 3.8) is 0 Å². The van der Waals surface area contributed by atoms with Gasteiger partial charge in [0.1, 0.15) is 0 Å². The van der Waals surface area contributed by atoms with Crippen LogP contribution in [0.3, 0.4) is 0 Å². The fourth-order valence-electron chi connectivity index (χ4n) is 1.93. The summed E-state index contributed by atoms with van der Waals surface area (Å²) in [6.45, 7) is 10.1. The molecule has 0 bridgehead atoms.